The third kappa shape index (κ3) is 4.67. The Balaban J connectivity index is 1.51. The predicted molar refractivity (Wildman–Crippen MR) is 101 cm³/mol. The van der Waals surface area contributed by atoms with Gasteiger partial charge in [0.05, 0.1) is 12.2 Å². The second-order valence-corrected chi connectivity index (χ2v) is 7.92. The van der Waals surface area contributed by atoms with Crippen molar-refractivity contribution in [3.63, 3.8) is 0 Å². The first-order valence-corrected chi connectivity index (χ1v) is 9.84. The van der Waals surface area contributed by atoms with Crippen molar-refractivity contribution in [2.24, 2.45) is 5.92 Å². The number of piperidine rings is 1. The maximum atomic E-state index is 13.7. The minimum Gasteiger partial charge on any atom is -0.371 e. The zero-order valence-electron chi connectivity index (χ0n) is 16.2. The highest BCUT2D eigenvalue weighted by Crippen LogP contribution is 2.31. The number of likely N-dealkylation sites (tertiary alicyclic amines) is 1. The molecule has 5 nitrogen and oxygen atoms in total. The van der Waals surface area contributed by atoms with E-state index in [4.69, 9.17) is 4.74 Å². The number of morpholine rings is 1. The molecule has 2 saturated heterocycles. The van der Waals surface area contributed by atoms with Crippen LogP contribution in [-0.2, 0) is 20.7 Å². The number of rotatable bonds is 4. The van der Waals surface area contributed by atoms with E-state index in [9.17, 15) is 14.0 Å². The van der Waals surface area contributed by atoms with E-state index in [-0.39, 0.29) is 29.2 Å². The molecule has 0 atom stereocenters. The Morgan fingerprint density at radius 1 is 1.15 bits per heavy atom. The zero-order chi connectivity index (χ0) is 19.4. The quantitative estimate of drug-likeness (QED) is 0.812. The Morgan fingerprint density at radius 3 is 2.52 bits per heavy atom. The van der Waals surface area contributed by atoms with Crippen molar-refractivity contribution in [3.05, 3.63) is 35.6 Å². The van der Waals surface area contributed by atoms with Gasteiger partial charge in [0.1, 0.15) is 5.82 Å². The molecule has 0 saturated carbocycles. The van der Waals surface area contributed by atoms with Crippen LogP contribution < -0.4 is 0 Å². The number of nitrogens with zero attached hydrogens (tertiary/aromatic N) is 2. The Kier molecular flexibility index (Phi) is 6.15. The lowest BCUT2D eigenvalue weighted by molar-refractivity contribution is -0.165. The Labute approximate surface area is 160 Å². The topological polar surface area (TPSA) is 49.9 Å². The summed E-state index contributed by atoms with van der Waals surface area (Å²) < 4.78 is 19.8. The van der Waals surface area contributed by atoms with Crippen LogP contribution in [0.25, 0.3) is 0 Å². The first-order chi connectivity index (χ1) is 12.9. The Hall–Kier alpha value is -1.95. The van der Waals surface area contributed by atoms with Crippen LogP contribution in [0.5, 0.6) is 0 Å². The Bertz CT molecular complexity index is 684. The summed E-state index contributed by atoms with van der Waals surface area (Å²) in [7, 11) is 0. The molecule has 2 aliphatic rings. The highest BCUT2D eigenvalue weighted by molar-refractivity contribution is 5.78. The average molecular weight is 376 g/mol. The summed E-state index contributed by atoms with van der Waals surface area (Å²) in [5.74, 6) is -0.0475. The summed E-state index contributed by atoms with van der Waals surface area (Å²) in [6, 6.07) is 6.60. The van der Waals surface area contributed by atoms with E-state index in [1.54, 1.807) is 18.2 Å². The number of carbonyl (C=O) groups is 2. The number of hydrogen-bond acceptors (Lipinski definition) is 3. The lowest BCUT2D eigenvalue weighted by Gasteiger charge is -2.47. The fourth-order valence-corrected chi connectivity index (χ4v) is 3.97. The number of hydrogen-bond donors (Lipinski definition) is 0. The van der Waals surface area contributed by atoms with Crippen molar-refractivity contribution in [1.82, 2.24) is 9.80 Å². The summed E-state index contributed by atoms with van der Waals surface area (Å²) in [6.07, 6.45) is 2.20. The van der Waals surface area contributed by atoms with Crippen LogP contribution in [0, 0.1) is 11.7 Å². The molecule has 1 spiro atoms. The average Bonchev–Trinajstić information content (AvgIpc) is 2.67. The van der Waals surface area contributed by atoms with Crippen molar-refractivity contribution in [3.8, 4) is 0 Å². The molecule has 2 fully saturated rings. The van der Waals surface area contributed by atoms with Gasteiger partial charge in [-0.25, -0.2) is 4.39 Å². The maximum absolute atomic E-state index is 13.7. The molecule has 0 aromatic heterocycles. The van der Waals surface area contributed by atoms with Gasteiger partial charge >= 0.3 is 0 Å². The molecule has 27 heavy (non-hydrogen) atoms. The summed E-state index contributed by atoms with van der Waals surface area (Å²) in [4.78, 5) is 28.6. The third-order valence-corrected chi connectivity index (χ3v) is 5.65. The monoisotopic (exact) mass is 376 g/mol. The Morgan fingerprint density at radius 2 is 1.85 bits per heavy atom. The molecule has 3 rings (SSSR count). The number of benzene rings is 1. The van der Waals surface area contributed by atoms with Crippen molar-refractivity contribution >= 4 is 11.8 Å². The second kappa shape index (κ2) is 8.38. The largest absolute Gasteiger partial charge is 0.371 e. The molecule has 0 unspecified atom stereocenters. The first-order valence-electron chi connectivity index (χ1n) is 9.84. The van der Waals surface area contributed by atoms with E-state index < -0.39 is 0 Å². The molecule has 148 valence electrons. The molecule has 0 N–H and O–H groups in total. The molecule has 1 aromatic rings. The second-order valence-electron chi connectivity index (χ2n) is 7.92. The van der Waals surface area contributed by atoms with E-state index in [2.05, 4.69) is 0 Å². The molecule has 2 aliphatic heterocycles. The van der Waals surface area contributed by atoms with Gasteiger partial charge in [-0.1, -0.05) is 32.0 Å². The van der Waals surface area contributed by atoms with E-state index in [1.807, 2.05) is 23.6 Å². The van der Waals surface area contributed by atoms with Gasteiger partial charge in [0.2, 0.25) is 11.8 Å². The molecular formula is C21H29FN2O3. The molecule has 2 amide bonds. The van der Waals surface area contributed by atoms with Crippen molar-refractivity contribution < 1.29 is 18.7 Å². The fourth-order valence-electron chi connectivity index (χ4n) is 3.97. The summed E-state index contributed by atoms with van der Waals surface area (Å²) >= 11 is 0. The van der Waals surface area contributed by atoms with Gasteiger partial charge in [-0.2, -0.15) is 0 Å². The van der Waals surface area contributed by atoms with E-state index in [0.717, 1.165) is 12.8 Å². The lowest BCUT2D eigenvalue weighted by Crippen LogP contribution is -2.59. The van der Waals surface area contributed by atoms with Gasteiger partial charge in [-0.3, -0.25) is 9.59 Å². The summed E-state index contributed by atoms with van der Waals surface area (Å²) in [5, 5.41) is 0. The van der Waals surface area contributed by atoms with Crippen LogP contribution >= 0.6 is 0 Å². The molecule has 1 aromatic carbocycles. The summed E-state index contributed by atoms with van der Waals surface area (Å²) in [6.45, 7) is 6.90. The van der Waals surface area contributed by atoms with E-state index in [0.29, 0.717) is 51.2 Å². The van der Waals surface area contributed by atoms with E-state index >= 15 is 0 Å². The highest BCUT2D eigenvalue weighted by Gasteiger charge is 2.41. The molecule has 0 bridgehead atoms. The standard InChI is InChI=1S/C21H29FN2O3/c1-16(2)20(26)24-13-14-27-21(15-24)9-11-23(12-10-21)19(25)8-7-17-5-3-4-6-18(17)22/h3-6,16H,7-15H2,1-2H3. The third-order valence-electron chi connectivity index (χ3n) is 5.65. The number of aryl methyl sites for hydroxylation is 1. The highest BCUT2D eigenvalue weighted by atomic mass is 19.1. The fraction of sp³-hybridized carbons (Fsp3) is 0.619. The minimum atomic E-state index is -0.328. The van der Waals surface area contributed by atoms with Crippen LogP contribution in [0.15, 0.2) is 24.3 Å². The zero-order valence-corrected chi connectivity index (χ0v) is 16.2. The van der Waals surface area contributed by atoms with Gasteiger partial charge in [0.25, 0.3) is 0 Å². The van der Waals surface area contributed by atoms with Crippen molar-refractivity contribution in [1.29, 1.82) is 0 Å². The minimum absolute atomic E-state index is 0.0137. The van der Waals surface area contributed by atoms with Gasteiger partial charge in [-0.15, -0.1) is 0 Å². The molecule has 6 heteroatoms. The predicted octanol–water partition coefficient (Wildman–Crippen LogP) is 2.63. The molecule has 0 aliphatic carbocycles. The van der Waals surface area contributed by atoms with Crippen LogP contribution in [0.2, 0.25) is 0 Å². The molecular weight excluding hydrogens is 347 g/mol. The van der Waals surface area contributed by atoms with Crippen molar-refractivity contribution in [2.45, 2.75) is 45.1 Å². The smallest absolute Gasteiger partial charge is 0.225 e. The molecule has 2 heterocycles. The number of amides is 2. The van der Waals surface area contributed by atoms with Gasteiger partial charge in [0, 0.05) is 38.5 Å². The number of ether oxygens (including phenoxy) is 1. The summed E-state index contributed by atoms with van der Waals surface area (Å²) in [5.41, 5.74) is 0.253. The van der Waals surface area contributed by atoms with Crippen molar-refractivity contribution in [2.75, 3.05) is 32.8 Å². The van der Waals surface area contributed by atoms with Gasteiger partial charge in [-0.05, 0) is 30.9 Å². The molecule has 0 radical (unpaired) electrons. The van der Waals surface area contributed by atoms with E-state index in [1.165, 1.54) is 6.07 Å². The SMILES string of the molecule is CC(C)C(=O)N1CCOC2(CCN(C(=O)CCc3ccccc3F)CC2)C1. The lowest BCUT2D eigenvalue weighted by atomic mass is 9.88. The number of carbonyl (C=O) groups excluding carboxylic acids is 2. The van der Waals surface area contributed by atoms with Gasteiger partial charge < -0.3 is 14.5 Å². The van der Waals surface area contributed by atoms with Crippen LogP contribution in [0.1, 0.15) is 38.7 Å². The maximum Gasteiger partial charge on any atom is 0.225 e. The number of halogens is 1. The van der Waals surface area contributed by atoms with Crippen LogP contribution in [0.4, 0.5) is 4.39 Å². The first kappa shape index (κ1) is 19.8. The van der Waals surface area contributed by atoms with Crippen LogP contribution in [-0.4, -0.2) is 60.0 Å². The van der Waals surface area contributed by atoms with Crippen LogP contribution in [0.3, 0.4) is 0 Å². The van der Waals surface area contributed by atoms with Gasteiger partial charge in [0.15, 0.2) is 0 Å². The normalized spacial score (nSPS) is 19.6.